The number of nitrogens with zero attached hydrogens (tertiary/aromatic N) is 1. The van der Waals surface area contributed by atoms with Crippen LogP contribution in [0, 0.1) is 0 Å². The normalized spacial score (nSPS) is 17.8. The smallest absolute Gasteiger partial charge is 0.173 e. The minimum absolute atomic E-state index is 0.295. The highest BCUT2D eigenvalue weighted by atomic mass is 35.5. The molecule has 5 nitrogen and oxygen atoms in total. The second-order valence-corrected chi connectivity index (χ2v) is 7.81. The third kappa shape index (κ3) is 4.09. The van der Waals surface area contributed by atoms with Gasteiger partial charge in [0.2, 0.25) is 0 Å². The molecule has 2 aromatic carbocycles. The average molecular weight is 416 g/mol. The van der Waals surface area contributed by atoms with Crippen molar-refractivity contribution in [1.29, 1.82) is 0 Å². The molecule has 2 aliphatic heterocycles. The predicted octanol–water partition coefficient (Wildman–Crippen LogP) is 4.46. The lowest BCUT2D eigenvalue weighted by atomic mass is 9.90. The van der Waals surface area contributed by atoms with Crippen molar-refractivity contribution < 1.29 is 9.57 Å². The Hall–Kier alpha value is -2.28. The molecular weight excluding hydrogens is 394 g/mol. The largest absolute Gasteiger partial charge is 0.497 e. The molecule has 0 saturated carbocycles. The topological polar surface area (TPSA) is 45.8 Å². The molecule has 1 fully saturated rings. The molecule has 0 unspecified atom stereocenters. The number of halogens is 1. The fourth-order valence-corrected chi connectivity index (χ4v) is 3.91. The minimum atomic E-state index is -0.295. The highest BCUT2D eigenvalue weighted by Gasteiger charge is 2.39. The molecule has 2 N–H and O–H groups in total. The van der Waals surface area contributed by atoms with Crippen molar-refractivity contribution in [1.82, 2.24) is 10.4 Å². The van der Waals surface area contributed by atoms with Crippen molar-refractivity contribution in [2.45, 2.75) is 18.4 Å². The third-order valence-electron chi connectivity index (χ3n) is 5.14. The van der Waals surface area contributed by atoms with Crippen molar-refractivity contribution >= 4 is 40.3 Å². The molecule has 146 valence electrons. The molecule has 1 spiro atoms. The van der Waals surface area contributed by atoms with E-state index in [9.17, 15) is 0 Å². The maximum Gasteiger partial charge on any atom is 0.173 e. The quantitative estimate of drug-likeness (QED) is 0.722. The Morgan fingerprint density at radius 3 is 2.68 bits per heavy atom. The SMILES string of the molecule is COc1cccc(NC(=S)N2CCC3(C=C(c4ccc(Cl)cc4)NO3)CC2)c1. The van der Waals surface area contributed by atoms with Gasteiger partial charge in [0.1, 0.15) is 11.4 Å². The number of hydrogen-bond donors (Lipinski definition) is 2. The fraction of sp³-hybridized carbons (Fsp3) is 0.286. The zero-order valence-electron chi connectivity index (χ0n) is 15.6. The maximum atomic E-state index is 5.98. The first-order valence-electron chi connectivity index (χ1n) is 9.20. The van der Waals surface area contributed by atoms with E-state index in [0.29, 0.717) is 0 Å². The summed E-state index contributed by atoms with van der Waals surface area (Å²) in [5, 5.41) is 4.74. The lowest BCUT2D eigenvalue weighted by Crippen LogP contribution is -2.48. The van der Waals surface area contributed by atoms with Crippen LogP contribution in [0.25, 0.3) is 5.70 Å². The number of hydroxylamine groups is 1. The summed E-state index contributed by atoms with van der Waals surface area (Å²) < 4.78 is 5.26. The third-order valence-corrected chi connectivity index (χ3v) is 5.76. The van der Waals surface area contributed by atoms with Gasteiger partial charge in [-0.05, 0) is 48.1 Å². The van der Waals surface area contributed by atoms with Crippen LogP contribution in [0.15, 0.2) is 54.6 Å². The van der Waals surface area contributed by atoms with E-state index in [1.165, 1.54) is 0 Å². The molecule has 7 heteroatoms. The van der Waals surface area contributed by atoms with Gasteiger partial charge in [-0.25, -0.2) is 0 Å². The van der Waals surface area contributed by atoms with E-state index in [4.69, 9.17) is 33.4 Å². The lowest BCUT2D eigenvalue weighted by Gasteiger charge is -2.37. The first-order valence-corrected chi connectivity index (χ1v) is 9.98. The van der Waals surface area contributed by atoms with Crippen LogP contribution >= 0.6 is 23.8 Å². The standard InChI is InChI=1S/C21H22ClN3O2S/c1-26-18-4-2-3-17(13-18)23-20(28)25-11-9-21(10-12-25)14-19(24-27-21)15-5-7-16(22)8-6-15/h2-8,13-14,24H,9-12H2,1H3,(H,23,28). The number of hydrogen-bond acceptors (Lipinski definition) is 4. The molecule has 0 amide bonds. The van der Waals surface area contributed by atoms with Crippen molar-refractivity contribution in [2.75, 3.05) is 25.5 Å². The van der Waals surface area contributed by atoms with Gasteiger partial charge in [-0.15, -0.1) is 0 Å². The zero-order chi connectivity index (χ0) is 19.6. The average Bonchev–Trinajstić information content (AvgIpc) is 3.12. The second-order valence-electron chi connectivity index (χ2n) is 6.98. The monoisotopic (exact) mass is 415 g/mol. The Kier molecular flexibility index (Phi) is 5.44. The van der Waals surface area contributed by atoms with Gasteiger partial charge in [-0.2, -0.15) is 0 Å². The van der Waals surface area contributed by atoms with Gasteiger partial charge >= 0.3 is 0 Å². The maximum absolute atomic E-state index is 5.98. The summed E-state index contributed by atoms with van der Waals surface area (Å²) in [5.74, 6) is 0.802. The number of benzene rings is 2. The number of rotatable bonds is 3. The van der Waals surface area contributed by atoms with Crippen LogP contribution in [0.5, 0.6) is 5.75 Å². The van der Waals surface area contributed by atoms with Gasteiger partial charge in [0.25, 0.3) is 0 Å². The van der Waals surface area contributed by atoms with Gasteiger partial charge in [-0.3, -0.25) is 10.3 Å². The molecule has 2 aromatic rings. The number of methoxy groups -OCH3 is 1. The summed E-state index contributed by atoms with van der Waals surface area (Å²) in [6.07, 6.45) is 3.90. The van der Waals surface area contributed by atoms with E-state index < -0.39 is 0 Å². The molecular formula is C21H22ClN3O2S. The van der Waals surface area contributed by atoms with Crippen molar-refractivity contribution in [2.24, 2.45) is 0 Å². The van der Waals surface area contributed by atoms with E-state index in [0.717, 1.165) is 58.8 Å². The Bertz CT molecular complexity index is 893. The van der Waals surface area contributed by atoms with Crippen LogP contribution in [0.3, 0.4) is 0 Å². The number of piperidine rings is 1. The highest BCUT2D eigenvalue weighted by molar-refractivity contribution is 7.80. The fourth-order valence-electron chi connectivity index (χ4n) is 3.49. The van der Waals surface area contributed by atoms with Crippen LogP contribution in [0.2, 0.25) is 5.02 Å². The molecule has 0 aliphatic carbocycles. The van der Waals surface area contributed by atoms with Crippen molar-refractivity contribution in [3.63, 3.8) is 0 Å². The van der Waals surface area contributed by atoms with Crippen LogP contribution in [0.4, 0.5) is 5.69 Å². The molecule has 0 aromatic heterocycles. The summed E-state index contributed by atoms with van der Waals surface area (Å²) in [6.45, 7) is 1.64. The van der Waals surface area contributed by atoms with Gasteiger partial charge in [0.05, 0.1) is 12.8 Å². The van der Waals surface area contributed by atoms with E-state index in [1.807, 2.05) is 48.5 Å². The summed E-state index contributed by atoms with van der Waals surface area (Å²) in [7, 11) is 1.66. The summed E-state index contributed by atoms with van der Waals surface area (Å²) in [4.78, 5) is 8.15. The van der Waals surface area contributed by atoms with Crippen LogP contribution in [-0.2, 0) is 4.84 Å². The van der Waals surface area contributed by atoms with Gasteiger partial charge in [0.15, 0.2) is 5.11 Å². The van der Waals surface area contributed by atoms with Gasteiger partial charge in [-0.1, -0.05) is 29.8 Å². The molecule has 4 rings (SSSR count). The lowest BCUT2D eigenvalue weighted by molar-refractivity contribution is -0.0615. The molecule has 1 saturated heterocycles. The first kappa shape index (κ1) is 19.1. The number of thiocarbonyl (C=S) groups is 1. The molecule has 0 radical (unpaired) electrons. The molecule has 0 bridgehead atoms. The van der Waals surface area contributed by atoms with E-state index >= 15 is 0 Å². The summed E-state index contributed by atoms with van der Waals surface area (Å²) in [5.41, 5.74) is 5.77. The van der Waals surface area contributed by atoms with Crippen LogP contribution in [0.1, 0.15) is 18.4 Å². The number of ether oxygens (including phenoxy) is 1. The van der Waals surface area contributed by atoms with Crippen molar-refractivity contribution in [3.05, 3.63) is 65.2 Å². The van der Waals surface area contributed by atoms with E-state index in [1.54, 1.807) is 7.11 Å². The summed E-state index contributed by atoms with van der Waals surface area (Å²) in [6, 6.07) is 15.5. The first-order chi connectivity index (χ1) is 13.6. The number of nitrogens with one attached hydrogen (secondary N) is 2. The highest BCUT2D eigenvalue weighted by Crippen LogP contribution is 2.35. The number of likely N-dealkylation sites (tertiary alicyclic amines) is 1. The molecule has 2 aliphatic rings. The summed E-state index contributed by atoms with van der Waals surface area (Å²) >= 11 is 11.6. The van der Waals surface area contributed by atoms with Gasteiger partial charge in [0, 0.05) is 42.7 Å². The molecule has 2 heterocycles. The Labute approximate surface area is 175 Å². The van der Waals surface area contributed by atoms with Crippen LogP contribution < -0.4 is 15.5 Å². The van der Waals surface area contributed by atoms with Crippen molar-refractivity contribution in [3.8, 4) is 5.75 Å². The predicted molar refractivity (Wildman–Crippen MR) is 116 cm³/mol. The number of anilines is 1. The molecule has 28 heavy (non-hydrogen) atoms. The Balaban J connectivity index is 1.37. The van der Waals surface area contributed by atoms with E-state index in [2.05, 4.69) is 21.8 Å². The van der Waals surface area contributed by atoms with E-state index in [-0.39, 0.29) is 5.60 Å². The Morgan fingerprint density at radius 2 is 1.96 bits per heavy atom. The zero-order valence-corrected chi connectivity index (χ0v) is 17.1. The minimum Gasteiger partial charge on any atom is -0.497 e. The second kappa shape index (κ2) is 7.99. The molecule has 0 atom stereocenters. The van der Waals surface area contributed by atoms with Crippen LogP contribution in [-0.4, -0.2) is 35.8 Å². The van der Waals surface area contributed by atoms with Gasteiger partial charge < -0.3 is 15.0 Å². The Morgan fingerprint density at radius 1 is 1.21 bits per heavy atom.